The zero-order valence-corrected chi connectivity index (χ0v) is 7.86. The molecule has 1 heterocycles. The van der Waals surface area contributed by atoms with Crippen LogP contribution < -0.4 is 4.90 Å². The lowest BCUT2D eigenvalue weighted by Crippen LogP contribution is -3.09. The van der Waals surface area contributed by atoms with Gasteiger partial charge in [-0.2, -0.15) is 0 Å². The Kier molecular flexibility index (Phi) is 4.60. The normalized spacial score (nSPS) is 19.4. The maximum absolute atomic E-state index is 2.28. The average molecular weight is 156 g/mol. The van der Waals surface area contributed by atoms with Crippen LogP contribution in [0.4, 0.5) is 0 Å². The first-order valence-electron chi connectivity index (χ1n) is 5.27. The Balaban J connectivity index is 1.86. The summed E-state index contributed by atoms with van der Waals surface area (Å²) in [6.07, 6.45) is 8.68. The molecule has 0 aliphatic carbocycles. The third-order valence-electron chi connectivity index (χ3n) is 2.69. The molecule has 0 aromatic carbocycles. The molecule has 1 nitrogen and oxygen atoms in total. The van der Waals surface area contributed by atoms with Crippen molar-refractivity contribution in [2.24, 2.45) is 0 Å². The molecule has 1 saturated heterocycles. The van der Waals surface area contributed by atoms with Crippen molar-refractivity contribution < 1.29 is 4.90 Å². The summed E-state index contributed by atoms with van der Waals surface area (Å²) in [5.41, 5.74) is 0. The number of rotatable bonds is 5. The van der Waals surface area contributed by atoms with Gasteiger partial charge in [-0.05, 0) is 12.8 Å². The van der Waals surface area contributed by atoms with E-state index in [0.29, 0.717) is 0 Å². The zero-order chi connectivity index (χ0) is 7.94. The molecule has 11 heavy (non-hydrogen) atoms. The Morgan fingerprint density at radius 2 is 1.73 bits per heavy atom. The molecular formula is C10H22N+. The molecule has 1 heteroatoms. The molecule has 0 unspecified atom stereocenters. The van der Waals surface area contributed by atoms with E-state index in [1.807, 2.05) is 4.90 Å². The molecule has 0 radical (unpaired) electrons. The van der Waals surface area contributed by atoms with E-state index in [2.05, 4.69) is 6.92 Å². The van der Waals surface area contributed by atoms with Gasteiger partial charge in [-0.1, -0.05) is 19.8 Å². The second kappa shape index (κ2) is 5.59. The van der Waals surface area contributed by atoms with Gasteiger partial charge in [-0.15, -0.1) is 0 Å². The maximum Gasteiger partial charge on any atom is 0.0773 e. The summed E-state index contributed by atoms with van der Waals surface area (Å²) in [4.78, 5) is 1.86. The van der Waals surface area contributed by atoms with Crippen molar-refractivity contribution in [2.75, 3.05) is 19.6 Å². The summed E-state index contributed by atoms with van der Waals surface area (Å²) in [7, 11) is 0. The van der Waals surface area contributed by atoms with Gasteiger partial charge in [0.25, 0.3) is 0 Å². The molecule has 0 bridgehead atoms. The van der Waals surface area contributed by atoms with Crippen molar-refractivity contribution in [2.45, 2.75) is 45.4 Å². The number of hydrogen-bond acceptors (Lipinski definition) is 0. The van der Waals surface area contributed by atoms with Gasteiger partial charge in [-0.3, -0.25) is 0 Å². The van der Waals surface area contributed by atoms with E-state index >= 15 is 0 Å². The summed E-state index contributed by atoms with van der Waals surface area (Å²) in [6.45, 7) is 6.63. The Morgan fingerprint density at radius 1 is 1.00 bits per heavy atom. The first-order valence-corrected chi connectivity index (χ1v) is 5.27. The molecule has 1 aliphatic rings. The van der Waals surface area contributed by atoms with E-state index < -0.39 is 0 Å². The fourth-order valence-corrected chi connectivity index (χ4v) is 1.93. The zero-order valence-electron chi connectivity index (χ0n) is 7.86. The van der Waals surface area contributed by atoms with Crippen molar-refractivity contribution in [1.29, 1.82) is 0 Å². The molecule has 0 aromatic heterocycles. The van der Waals surface area contributed by atoms with Crippen LogP contribution in [0.25, 0.3) is 0 Å². The summed E-state index contributed by atoms with van der Waals surface area (Å²) in [6, 6.07) is 0. The van der Waals surface area contributed by atoms with Crippen molar-refractivity contribution in [3.8, 4) is 0 Å². The van der Waals surface area contributed by atoms with Crippen LogP contribution in [-0.4, -0.2) is 19.6 Å². The number of nitrogens with one attached hydrogen (secondary N) is 1. The minimum atomic E-state index is 1.37. The van der Waals surface area contributed by atoms with E-state index in [1.54, 1.807) is 0 Å². The standard InChI is InChI=1S/C10H21N/c1-2-3-4-5-8-11-9-6-7-10-11/h2-10H2,1H3/p+1. The molecular weight excluding hydrogens is 134 g/mol. The topological polar surface area (TPSA) is 4.44 Å². The van der Waals surface area contributed by atoms with Gasteiger partial charge in [0, 0.05) is 12.8 Å². The molecule has 1 fully saturated rings. The smallest absolute Gasteiger partial charge is 0.0773 e. The van der Waals surface area contributed by atoms with E-state index in [-0.39, 0.29) is 0 Å². The highest BCUT2D eigenvalue weighted by Crippen LogP contribution is 1.97. The third kappa shape index (κ3) is 3.76. The lowest BCUT2D eigenvalue weighted by Gasteiger charge is -2.10. The molecule has 0 saturated carbocycles. The van der Waals surface area contributed by atoms with Crippen molar-refractivity contribution in [3.05, 3.63) is 0 Å². The maximum atomic E-state index is 2.28. The van der Waals surface area contributed by atoms with Gasteiger partial charge < -0.3 is 4.90 Å². The molecule has 0 spiro atoms. The Hall–Kier alpha value is -0.0400. The number of likely N-dealkylation sites (tertiary alicyclic amines) is 1. The summed E-state index contributed by atoms with van der Waals surface area (Å²) < 4.78 is 0. The SMILES string of the molecule is CCCCCC[NH+]1CCCC1. The van der Waals surface area contributed by atoms with Crippen LogP contribution >= 0.6 is 0 Å². The highest BCUT2D eigenvalue weighted by Gasteiger charge is 2.13. The lowest BCUT2D eigenvalue weighted by atomic mass is 10.2. The minimum absolute atomic E-state index is 1.37. The minimum Gasteiger partial charge on any atom is -0.335 e. The molecule has 1 N–H and O–H groups in total. The first-order chi connectivity index (χ1) is 5.43. The van der Waals surface area contributed by atoms with Gasteiger partial charge in [0.2, 0.25) is 0 Å². The van der Waals surface area contributed by atoms with Crippen LogP contribution in [0.5, 0.6) is 0 Å². The largest absolute Gasteiger partial charge is 0.335 e. The van der Waals surface area contributed by atoms with E-state index in [1.165, 1.54) is 58.2 Å². The van der Waals surface area contributed by atoms with Crippen molar-refractivity contribution in [3.63, 3.8) is 0 Å². The first kappa shape index (κ1) is 9.05. The molecule has 0 amide bonds. The van der Waals surface area contributed by atoms with E-state index in [9.17, 15) is 0 Å². The van der Waals surface area contributed by atoms with Crippen LogP contribution in [0, 0.1) is 0 Å². The van der Waals surface area contributed by atoms with Crippen LogP contribution in [0.15, 0.2) is 0 Å². The van der Waals surface area contributed by atoms with Gasteiger partial charge in [0.15, 0.2) is 0 Å². The third-order valence-corrected chi connectivity index (χ3v) is 2.69. The predicted octanol–water partition coefficient (Wildman–Crippen LogP) is 1.25. The van der Waals surface area contributed by atoms with Crippen molar-refractivity contribution in [1.82, 2.24) is 0 Å². The fraction of sp³-hybridized carbons (Fsp3) is 1.00. The van der Waals surface area contributed by atoms with Gasteiger partial charge in [0.1, 0.15) is 0 Å². The second-order valence-corrected chi connectivity index (χ2v) is 3.77. The van der Waals surface area contributed by atoms with E-state index in [0.717, 1.165) is 0 Å². The Labute approximate surface area is 70.8 Å². The van der Waals surface area contributed by atoms with E-state index in [4.69, 9.17) is 0 Å². The Morgan fingerprint density at radius 3 is 2.36 bits per heavy atom. The molecule has 0 atom stereocenters. The van der Waals surface area contributed by atoms with Crippen LogP contribution in [0.2, 0.25) is 0 Å². The number of unbranched alkanes of at least 4 members (excludes halogenated alkanes) is 3. The van der Waals surface area contributed by atoms with Gasteiger partial charge in [-0.25, -0.2) is 0 Å². The molecule has 1 aliphatic heterocycles. The highest BCUT2D eigenvalue weighted by molar-refractivity contribution is 4.46. The van der Waals surface area contributed by atoms with Crippen molar-refractivity contribution >= 4 is 0 Å². The monoisotopic (exact) mass is 156 g/mol. The van der Waals surface area contributed by atoms with Gasteiger partial charge >= 0.3 is 0 Å². The molecule has 66 valence electrons. The van der Waals surface area contributed by atoms with Crippen LogP contribution in [-0.2, 0) is 0 Å². The fourth-order valence-electron chi connectivity index (χ4n) is 1.93. The summed E-state index contributed by atoms with van der Waals surface area (Å²) in [5.74, 6) is 0. The Bertz CT molecular complexity index is 84.9. The quantitative estimate of drug-likeness (QED) is 0.571. The number of hydrogen-bond donors (Lipinski definition) is 1. The average Bonchev–Trinajstić information content (AvgIpc) is 2.50. The highest BCUT2D eigenvalue weighted by atomic mass is 15.1. The second-order valence-electron chi connectivity index (χ2n) is 3.77. The predicted molar refractivity (Wildman–Crippen MR) is 48.9 cm³/mol. The van der Waals surface area contributed by atoms with Crippen LogP contribution in [0.1, 0.15) is 45.4 Å². The molecule has 0 aromatic rings. The molecule has 1 rings (SSSR count). The lowest BCUT2D eigenvalue weighted by molar-refractivity contribution is -0.887. The van der Waals surface area contributed by atoms with Gasteiger partial charge in [0.05, 0.1) is 19.6 Å². The summed E-state index contributed by atoms with van der Waals surface area (Å²) in [5, 5.41) is 0. The number of quaternary nitrogens is 1. The summed E-state index contributed by atoms with van der Waals surface area (Å²) >= 11 is 0. The van der Waals surface area contributed by atoms with Crippen LogP contribution in [0.3, 0.4) is 0 Å².